The topological polar surface area (TPSA) is 56.5 Å². The van der Waals surface area contributed by atoms with Crippen molar-refractivity contribution in [2.75, 3.05) is 26.3 Å². The van der Waals surface area contributed by atoms with Crippen LogP contribution in [0.1, 0.15) is 24.4 Å². The van der Waals surface area contributed by atoms with Crippen LogP contribution in [0.4, 0.5) is 0 Å². The summed E-state index contributed by atoms with van der Waals surface area (Å²) < 4.78 is 11.1. The number of fused-ring (bicyclic) bond motifs is 1. The minimum absolute atomic E-state index is 0.0774. The summed E-state index contributed by atoms with van der Waals surface area (Å²) in [5, 5.41) is 3.41. The highest BCUT2D eigenvalue weighted by Gasteiger charge is 2.23. The van der Waals surface area contributed by atoms with Crippen molar-refractivity contribution >= 4 is 0 Å². The van der Waals surface area contributed by atoms with E-state index in [0.717, 1.165) is 30.2 Å². The highest BCUT2D eigenvalue weighted by atomic mass is 16.6. The second kappa shape index (κ2) is 5.16. The maximum absolute atomic E-state index is 6.37. The molecule has 0 aromatic heterocycles. The minimum atomic E-state index is 0.0774. The second-order valence-electron chi connectivity index (χ2n) is 5.04. The molecule has 0 spiro atoms. The Morgan fingerprint density at radius 1 is 1.22 bits per heavy atom. The molecule has 2 aliphatic rings. The van der Waals surface area contributed by atoms with Crippen LogP contribution in [0.3, 0.4) is 0 Å². The van der Waals surface area contributed by atoms with Crippen molar-refractivity contribution in [1.82, 2.24) is 5.32 Å². The van der Waals surface area contributed by atoms with E-state index < -0.39 is 0 Å². The molecule has 2 heterocycles. The Morgan fingerprint density at radius 2 is 2.06 bits per heavy atom. The van der Waals surface area contributed by atoms with E-state index in [1.165, 1.54) is 12.8 Å². The Labute approximate surface area is 107 Å². The first kappa shape index (κ1) is 11.8. The first-order valence-electron chi connectivity index (χ1n) is 6.70. The van der Waals surface area contributed by atoms with Gasteiger partial charge in [0.15, 0.2) is 11.5 Å². The van der Waals surface area contributed by atoms with Gasteiger partial charge in [-0.3, -0.25) is 0 Å². The molecule has 1 aromatic carbocycles. The fourth-order valence-electron chi connectivity index (χ4n) is 2.72. The molecular formula is C14H20N2O2. The molecule has 2 unspecified atom stereocenters. The van der Waals surface area contributed by atoms with Gasteiger partial charge in [0.05, 0.1) is 0 Å². The van der Waals surface area contributed by atoms with Gasteiger partial charge in [-0.25, -0.2) is 0 Å². The van der Waals surface area contributed by atoms with E-state index in [9.17, 15) is 0 Å². The lowest BCUT2D eigenvalue weighted by atomic mass is 9.88. The first-order chi connectivity index (χ1) is 8.84. The van der Waals surface area contributed by atoms with Crippen LogP contribution in [0.15, 0.2) is 18.2 Å². The molecule has 4 nitrogen and oxygen atoms in total. The van der Waals surface area contributed by atoms with E-state index in [0.29, 0.717) is 19.1 Å². The molecule has 2 atom stereocenters. The van der Waals surface area contributed by atoms with Crippen molar-refractivity contribution in [2.24, 2.45) is 11.7 Å². The SMILES string of the molecule is NC(c1ccc2c(c1)OCCO2)C1CCCNC1. The Morgan fingerprint density at radius 3 is 2.83 bits per heavy atom. The Kier molecular flexibility index (Phi) is 3.39. The molecule has 0 aliphatic carbocycles. The molecule has 0 saturated carbocycles. The molecule has 18 heavy (non-hydrogen) atoms. The summed E-state index contributed by atoms with van der Waals surface area (Å²) in [6.45, 7) is 3.38. The third kappa shape index (κ3) is 2.31. The van der Waals surface area contributed by atoms with Crippen LogP contribution < -0.4 is 20.5 Å². The third-order valence-electron chi connectivity index (χ3n) is 3.79. The van der Waals surface area contributed by atoms with E-state index in [1.807, 2.05) is 12.1 Å². The van der Waals surface area contributed by atoms with Crippen LogP contribution in [0.5, 0.6) is 11.5 Å². The van der Waals surface area contributed by atoms with Gasteiger partial charge >= 0.3 is 0 Å². The highest BCUT2D eigenvalue weighted by Crippen LogP contribution is 2.34. The molecule has 0 radical (unpaired) electrons. The number of nitrogens with one attached hydrogen (secondary N) is 1. The monoisotopic (exact) mass is 248 g/mol. The van der Waals surface area contributed by atoms with Crippen LogP contribution in [-0.4, -0.2) is 26.3 Å². The number of nitrogens with two attached hydrogens (primary N) is 1. The maximum atomic E-state index is 6.37. The molecule has 1 aromatic rings. The van der Waals surface area contributed by atoms with E-state index in [4.69, 9.17) is 15.2 Å². The number of hydrogen-bond donors (Lipinski definition) is 2. The predicted octanol–water partition coefficient (Wildman–Crippen LogP) is 1.46. The van der Waals surface area contributed by atoms with Crippen LogP contribution >= 0.6 is 0 Å². The molecule has 1 fully saturated rings. The molecular weight excluding hydrogens is 228 g/mol. The lowest BCUT2D eigenvalue weighted by molar-refractivity contribution is 0.171. The van der Waals surface area contributed by atoms with Crippen molar-refractivity contribution in [3.05, 3.63) is 23.8 Å². The minimum Gasteiger partial charge on any atom is -0.486 e. The van der Waals surface area contributed by atoms with Crippen molar-refractivity contribution in [3.8, 4) is 11.5 Å². The number of benzene rings is 1. The van der Waals surface area contributed by atoms with Crippen LogP contribution in [0.25, 0.3) is 0 Å². The van der Waals surface area contributed by atoms with E-state index in [-0.39, 0.29) is 6.04 Å². The normalized spacial score (nSPS) is 24.6. The molecule has 4 heteroatoms. The van der Waals surface area contributed by atoms with Gasteiger partial charge in [-0.05, 0) is 49.5 Å². The largest absolute Gasteiger partial charge is 0.486 e. The van der Waals surface area contributed by atoms with Gasteiger partial charge in [0, 0.05) is 6.04 Å². The van der Waals surface area contributed by atoms with Gasteiger partial charge in [-0.15, -0.1) is 0 Å². The zero-order valence-corrected chi connectivity index (χ0v) is 10.5. The van der Waals surface area contributed by atoms with Crippen molar-refractivity contribution in [3.63, 3.8) is 0 Å². The van der Waals surface area contributed by atoms with Gasteiger partial charge in [0.2, 0.25) is 0 Å². The molecule has 98 valence electrons. The number of piperidine rings is 1. The van der Waals surface area contributed by atoms with Gasteiger partial charge in [-0.2, -0.15) is 0 Å². The predicted molar refractivity (Wildman–Crippen MR) is 70.0 cm³/mol. The van der Waals surface area contributed by atoms with Gasteiger partial charge in [0.1, 0.15) is 13.2 Å². The van der Waals surface area contributed by atoms with Crippen LogP contribution in [0.2, 0.25) is 0 Å². The summed E-state index contributed by atoms with van der Waals surface area (Å²) in [6.07, 6.45) is 2.41. The third-order valence-corrected chi connectivity index (χ3v) is 3.79. The Hall–Kier alpha value is -1.26. The van der Waals surface area contributed by atoms with Crippen LogP contribution in [0, 0.1) is 5.92 Å². The standard InChI is InChI=1S/C14H20N2O2/c15-14(11-2-1-5-16-9-11)10-3-4-12-13(8-10)18-7-6-17-12/h3-4,8,11,14,16H,1-2,5-7,9,15H2. The van der Waals surface area contributed by atoms with Crippen LogP contribution in [-0.2, 0) is 0 Å². The highest BCUT2D eigenvalue weighted by molar-refractivity contribution is 5.44. The summed E-state index contributed by atoms with van der Waals surface area (Å²) in [6, 6.07) is 6.15. The molecule has 2 aliphatic heterocycles. The number of ether oxygens (including phenoxy) is 2. The molecule has 0 amide bonds. The zero-order chi connectivity index (χ0) is 12.4. The van der Waals surface area contributed by atoms with E-state index in [2.05, 4.69) is 11.4 Å². The number of rotatable bonds is 2. The summed E-state index contributed by atoms with van der Waals surface area (Å²) in [7, 11) is 0. The summed E-state index contributed by atoms with van der Waals surface area (Å²) in [4.78, 5) is 0. The first-order valence-corrected chi connectivity index (χ1v) is 6.70. The average Bonchev–Trinajstić information content (AvgIpc) is 2.47. The van der Waals surface area contributed by atoms with Crippen molar-refractivity contribution < 1.29 is 9.47 Å². The van der Waals surface area contributed by atoms with E-state index >= 15 is 0 Å². The number of hydrogen-bond acceptors (Lipinski definition) is 4. The van der Waals surface area contributed by atoms with Gasteiger partial charge in [-0.1, -0.05) is 6.07 Å². The fourth-order valence-corrected chi connectivity index (χ4v) is 2.72. The van der Waals surface area contributed by atoms with Crippen molar-refractivity contribution in [2.45, 2.75) is 18.9 Å². The quantitative estimate of drug-likeness (QED) is 0.832. The smallest absolute Gasteiger partial charge is 0.161 e. The second-order valence-corrected chi connectivity index (χ2v) is 5.04. The molecule has 1 saturated heterocycles. The van der Waals surface area contributed by atoms with E-state index in [1.54, 1.807) is 0 Å². The Bertz CT molecular complexity index is 416. The molecule has 3 rings (SSSR count). The lowest BCUT2D eigenvalue weighted by Gasteiger charge is -2.29. The van der Waals surface area contributed by atoms with Gasteiger partial charge < -0.3 is 20.5 Å². The Balaban J connectivity index is 1.78. The fraction of sp³-hybridized carbons (Fsp3) is 0.571. The summed E-state index contributed by atoms with van der Waals surface area (Å²) in [5.41, 5.74) is 7.51. The molecule has 3 N–H and O–H groups in total. The zero-order valence-electron chi connectivity index (χ0n) is 10.5. The van der Waals surface area contributed by atoms with Crippen molar-refractivity contribution in [1.29, 1.82) is 0 Å². The summed E-state index contributed by atoms with van der Waals surface area (Å²) >= 11 is 0. The molecule has 0 bridgehead atoms. The van der Waals surface area contributed by atoms with Gasteiger partial charge in [0.25, 0.3) is 0 Å². The average molecular weight is 248 g/mol. The maximum Gasteiger partial charge on any atom is 0.161 e. The lowest BCUT2D eigenvalue weighted by Crippen LogP contribution is -2.36. The summed E-state index contributed by atoms with van der Waals surface area (Å²) in [5.74, 6) is 2.18.